The molecule has 3 rings (SSSR count). The van der Waals surface area contributed by atoms with Gasteiger partial charge in [-0.05, 0) is 0 Å². The third-order valence-corrected chi connectivity index (χ3v) is 22.3. The quantitative estimate of drug-likeness (QED) is 0.276. The summed E-state index contributed by atoms with van der Waals surface area (Å²) in [6.07, 6.45) is -0.288. The minimum absolute atomic E-state index is 0.129. The molecule has 0 amide bonds. The van der Waals surface area contributed by atoms with Crippen LogP contribution >= 0.6 is 0 Å². The molecule has 0 heterocycles. The SMILES string of the molecule is CC(O[Si](c1ccccc1)(c1ccccc1)[Si](C)(C)C)C([Se]c1ccccc1)C(=O)OC(C)(C)C. The first-order valence-corrected chi connectivity index (χ1v) is 20.4. The van der Waals surface area contributed by atoms with E-state index in [0.29, 0.717) is 0 Å². The van der Waals surface area contributed by atoms with Gasteiger partial charge in [-0.25, -0.2) is 0 Å². The van der Waals surface area contributed by atoms with Gasteiger partial charge in [0.2, 0.25) is 0 Å². The number of hydrogen-bond acceptors (Lipinski definition) is 3. The Labute approximate surface area is 219 Å². The Morgan fingerprint density at radius 2 is 1.20 bits per heavy atom. The number of rotatable bonds is 9. The van der Waals surface area contributed by atoms with Gasteiger partial charge in [0.15, 0.2) is 0 Å². The number of ether oxygens (including phenoxy) is 1. The Kier molecular flexibility index (Phi) is 9.00. The molecule has 0 aromatic heterocycles. The molecule has 6 heteroatoms. The van der Waals surface area contributed by atoms with Crippen LogP contribution in [0.1, 0.15) is 27.7 Å². The second kappa shape index (κ2) is 11.4. The molecule has 0 N–H and O–H groups in total. The van der Waals surface area contributed by atoms with Crippen LogP contribution in [0.3, 0.4) is 0 Å². The van der Waals surface area contributed by atoms with Crippen molar-refractivity contribution in [2.24, 2.45) is 0 Å². The molecule has 0 bridgehead atoms. The summed E-state index contributed by atoms with van der Waals surface area (Å²) in [6, 6.07) is 31.7. The fraction of sp³-hybridized carbons (Fsp3) is 0.345. The summed E-state index contributed by atoms with van der Waals surface area (Å²) in [5.74, 6) is -0.173. The van der Waals surface area contributed by atoms with Crippen LogP contribution in [0.2, 0.25) is 24.5 Å². The molecule has 0 spiro atoms. The first kappa shape index (κ1) is 27.6. The fourth-order valence-corrected chi connectivity index (χ4v) is 19.2. The van der Waals surface area contributed by atoms with Crippen LogP contribution in [0.5, 0.6) is 0 Å². The topological polar surface area (TPSA) is 35.5 Å². The molecule has 186 valence electrons. The normalized spacial score (nSPS) is 14.3. The van der Waals surface area contributed by atoms with E-state index in [1.54, 1.807) is 0 Å². The molecule has 3 aromatic rings. The maximum absolute atomic E-state index is 13.6. The average Bonchev–Trinajstić information content (AvgIpc) is 2.80. The third-order valence-electron chi connectivity index (χ3n) is 5.85. The van der Waals surface area contributed by atoms with Gasteiger partial charge in [-0.15, -0.1) is 0 Å². The fourth-order valence-electron chi connectivity index (χ4n) is 4.37. The van der Waals surface area contributed by atoms with Gasteiger partial charge in [-0.3, -0.25) is 0 Å². The van der Waals surface area contributed by atoms with Crippen LogP contribution in [0, 0.1) is 0 Å². The van der Waals surface area contributed by atoms with Crippen LogP contribution in [-0.4, -0.2) is 48.1 Å². The molecule has 0 radical (unpaired) electrons. The van der Waals surface area contributed by atoms with E-state index < -0.39 is 21.0 Å². The number of hydrogen-bond donors (Lipinski definition) is 0. The van der Waals surface area contributed by atoms with Crippen molar-refractivity contribution in [3.63, 3.8) is 0 Å². The first-order valence-electron chi connectivity index (χ1n) is 12.2. The molecular formula is C29H38O3SeSi2. The van der Waals surface area contributed by atoms with Crippen molar-refractivity contribution < 1.29 is 14.0 Å². The van der Waals surface area contributed by atoms with Gasteiger partial charge in [-0.1, -0.05) is 0 Å². The molecule has 35 heavy (non-hydrogen) atoms. The number of benzene rings is 3. The van der Waals surface area contributed by atoms with Gasteiger partial charge in [-0.2, -0.15) is 0 Å². The van der Waals surface area contributed by atoms with Gasteiger partial charge in [0.05, 0.1) is 0 Å². The second-order valence-electron chi connectivity index (χ2n) is 10.9. The zero-order valence-corrected chi connectivity index (χ0v) is 25.7. The van der Waals surface area contributed by atoms with Crippen molar-refractivity contribution in [2.45, 2.75) is 63.9 Å². The van der Waals surface area contributed by atoms with E-state index in [9.17, 15) is 4.79 Å². The van der Waals surface area contributed by atoms with Gasteiger partial charge in [0.1, 0.15) is 0 Å². The Morgan fingerprint density at radius 3 is 1.60 bits per heavy atom. The third kappa shape index (κ3) is 6.84. The second-order valence-corrected chi connectivity index (χ2v) is 27.3. The number of carbonyl (C=O) groups is 1. The zero-order chi connectivity index (χ0) is 25.7. The van der Waals surface area contributed by atoms with E-state index in [0.717, 1.165) is 0 Å². The molecular weight excluding hydrogens is 531 g/mol. The number of carbonyl (C=O) groups excluding carboxylic acids is 1. The average molecular weight is 570 g/mol. The van der Waals surface area contributed by atoms with E-state index in [-0.39, 0.29) is 31.8 Å². The summed E-state index contributed by atoms with van der Waals surface area (Å²) in [7, 11) is -4.59. The molecule has 2 unspecified atom stereocenters. The predicted octanol–water partition coefficient (Wildman–Crippen LogP) is 4.73. The zero-order valence-electron chi connectivity index (χ0n) is 21.9. The molecule has 0 aliphatic carbocycles. The van der Waals surface area contributed by atoms with E-state index in [4.69, 9.17) is 9.16 Å². The van der Waals surface area contributed by atoms with Crippen LogP contribution in [-0.2, 0) is 14.0 Å². The summed E-state index contributed by atoms with van der Waals surface area (Å²) >= 11 is -0.129. The molecule has 2 atom stereocenters. The van der Waals surface area contributed by atoms with Crippen molar-refractivity contribution in [1.29, 1.82) is 0 Å². The summed E-state index contributed by atoms with van der Waals surface area (Å²) in [4.78, 5) is 13.2. The molecule has 0 saturated heterocycles. The standard InChI is InChI=1S/C29H38O3SeSi2/c1-23(27(28(30)31-29(2,3)4)33-24-17-11-8-12-18-24)32-35(34(5,6)7,25-19-13-9-14-20-25)26-21-15-10-16-22-26/h8-23,27H,1-7H3. The Morgan fingerprint density at radius 1 is 0.771 bits per heavy atom. The van der Waals surface area contributed by atoms with Crippen molar-refractivity contribution in [2.75, 3.05) is 0 Å². The summed E-state index contributed by atoms with van der Waals surface area (Å²) in [5.41, 5.74) is -0.548. The van der Waals surface area contributed by atoms with Crippen LogP contribution < -0.4 is 14.8 Å². The van der Waals surface area contributed by atoms with Gasteiger partial charge in [0, 0.05) is 0 Å². The van der Waals surface area contributed by atoms with Crippen molar-refractivity contribution in [3.05, 3.63) is 91.0 Å². The van der Waals surface area contributed by atoms with E-state index in [1.807, 2.05) is 39.0 Å². The first-order chi connectivity index (χ1) is 16.4. The maximum atomic E-state index is 13.6. The Bertz CT molecular complexity index is 1040. The molecule has 0 aliphatic rings. The van der Waals surface area contributed by atoms with Crippen LogP contribution in [0.25, 0.3) is 0 Å². The molecule has 0 aliphatic heterocycles. The van der Waals surface area contributed by atoms with E-state index in [1.165, 1.54) is 14.8 Å². The van der Waals surface area contributed by atoms with Gasteiger partial charge < -0.3 is 0 Å². The van der Waals surface area contributed by atoms with Gasteiger partial charge >= 0.3 is 220 Å². The van der Waals surface area contributed by atoms with Crippen LogP contribution in [0.15, 0.2) is 91.0 Å². The van der Waals surface area contributed by atoms with Crippen molar-refractivity contribution in [1.82, 2.24) is 0 Å². The monoisotopic (exact) mass is 570 g/mol. The van der Waals surface area contributed by atoms with Crippen molar-refractivity contribution in [3.8, 4) is 0 Å². The minimum atomic E-state index is -2.66. The van der Waals surface area contributed by atoms with Crippen molar-refractivity contribution >= 4 is 51.2 Å². The Hall–Kier alpha value is -1.96. The Balaban J connectivity index is 2.10. The molecule has 3 nitrogen and oxygen atoms in total. The van der Waals surface area contributed by atoms with Crippen LogP contribution in [0.4, 0.5) is 0 Å². The molecule has 0 saturated carbocycles. The number of esters is 1. The predicted molar refractivity (Wildman–Crippen MR) is 153 cm³/mol. The summed E-state index contributed by atoms with van der Waals surface area (Å²) < 4.78 is 14.5. The van der Waals surface area contributed by atoms with Gasteiger partial charge in [0.25, 0.3) is 0 Å². The summed E-state index contributed by atoms with van der Waals surface area (Å²) in [6.45, 7) is 15.1. The molecule has 0 fully saturated rings. The van der Waals surface area contributed by atoms with E-state index >= 15 is 0 Å². The van der Waals surface area contributed by atoms with E-state index in [2.05, 4.69) is 99.4 Å². The summed E-state index contributed by atoms with van der Waals surface area (Å²) in [5, 5.41) is 2.54. The molecule has 3 aromatic carbocycles.